The molecule has 110 valence electrons. The second-order valence-corrected chi connectivity index (χ2v) is 4.19. The molecule has 0 unspecified atom stereocenters. The summed E-state index contributed by atoms with van der Waals surface area (Å²) in [5.41, 5.74) is 0.849. The number of pyridine rings is 1. The molecule has 0 fully saturated rings. The van der Waals surface area contributed by atoms with E-state index in [-0.39, 0.29) is 18.9 Å². The van der Waals surface area contributed by atoms with E-state index in [1.54, 1.807) is 31.5 Å². The van der Waals surface area contributed by atoms with Gasteiger partial charge >= 0.3 is 5.97 Å². The molecule has 0 spiro atoms. The number of anilines is 1. The molecule has 0 aliphatic heterocycles. The maximum atomic E-state index is 11.8. The fraction of sp³-hybridized carbons (Fsp3) is 0.308. The van der Waals surface area contributed by atoms with E-state index >= 15 is 0 Å². The summed E-state index contributed by atoms with van der Waals surface area (Å²) in [6, 6.07) is 3.52. The van der Waals surface area contributed by atoms with Gasteiger partial charge in [-0.05, 0) is 24.6 Å². The normalized spacial score (nSPS) is 10.1. The molecule has 1 N–H and O–H groups in total. The number of nitrogens with zero attached hydrogens (tertiary/aromatic N) is 4. The Kier molecular flexibility index (Phi) is 4.97. The molecule has 0 aliphatic carbocycles. The molecule has 2 rings (SSSR count). The summed E-state index contributed by atoms with van der Waals surface area (Å²) < 4.78 is 6.10. The summed E-state index contributed by atoms with van der Waals surface area (Å²) in [7, 11) is 0. The van der Waals surface area contributed by atoms with E-state index in [9.17, 15) is 9.59 Å². The Bertz CT molecular complexity index is 611. The molecule has 0 atom stereocenters. The minimum absolute atomic E-state index is 0.0406. The Morgan fingerprint density at radius 3 is 2.81 bits per heavy atom. The highest BCUT2D eigenvalue weighted by atomic mass is 16.5. The highest BCUT2D eigenvalue weighted by Gasteiger charge is 2.09. The van der Waals surface area contributed by atoms with E-state index in [4.69, 9.17) is 4.74 Å². The van der Waals surface area contributed by atoms with Crippen LogP contribution in [0.2, 0.25) is 0 Å². The number of carbonyl (C=O) groups is 2. The van der Waals surface area contributed by atoms with Gasteiger partial charge in [0.15, 0.2) is 5.82 Å². The van der Waals surface area contributed by atoms with Crippen molar-refractivity contribution < 1.29 is 14.3 Å². The van der Waals surface area contributed by atoms with Crippen LogP contribution in [0.15, 0.2) is 30.7 Å². The van der Waals surface area contributed by atoms with Crippen molar-refractivity contribution in [2.45, 2.75) is 19.9 Å². The first-order valence-electron chi connectivity index (χ1n) is 6.42. The smallest absolute Gasteiger partial charge is 0.327 e. The SMILES string of the molecule is CCOC(=O)Cn1cc(NC(=O)Cc2ccncc2)nn1. The fourth-order valence-electron chi connectivity index (χ4n) is 1.64. The van der Waals surface area contributed by atoms with Gasteiger partial charge in [-0.3, -0.25) is 14.6 Å². The second-order valence-electron chi connectivity index (χ2n) is 4.19. The molecule has 8 heteroatoms. The summed E-state index contributed by atoms with van der Waals surface area (Å²) in [6.07, 6.45) is 4.94. The number of carbonyl (C=O) groups excluding carboxylic acids is 2. The first-order valence-corrected chi connectivity index (χ1v) is 6.42. The molecule has 0 aliphatic rings. The van der Waals surface area contributed by atoms with Crippen molar-refractivity contribution in [3.63, 3.8) is 0 Å². The van der Waals surface area contributed by atoms with Gasteiger partial charge in [0.2, 0.25) is 5.91 Å². The molecule has 2 aromatic rings. The quantitative estimate of drug-likeness (QED) is 0.774. The molecule has 0 bridgehead atoms. The highest BCUT2D eigenvalue weighted by molar-refractivity contribution is 5.91. The van der Waals surface area contributed by atoms with E-state index < -0.39 is 5.97 Å². The van der Waals surface area contributed by atoms with Crippen LogP contribution in [0.25, 0.3) is 0 Å². The molecule has 0 radical (unpaired) electrons. The maximum absolute atomic E-state index is 11.8. The zero-order chi connectivity index (χ0) is 15.1. The van der Waals surface area contributed by atoms with Crippen LogP contribution < -0.4 is 5.32 Å². The highest BCUT2D eigenvalue weighted by Crippen LogP contribution is 2.03. The van der Waals surface area contributed by atoms with Crippen molar-refractivity contribution in [2.24, 2.45) is 0 Å². The number of rotatable bonds is 6. The van der Waals surface area contributed by atoms with E-state index in [0.29, 0.717) is 12.4 Å². The molecular weight excluding hydrogens is 274 g/mol. The molecule has 0 aromatic carbocycles. The predicted octanol–water partition coefficient (Wildman–Crippen LogP) is 0.417. The van der Waals surface area contributed by atoms with Crippen molar-refractivity contribution >= 4 is 17.7 Å². The molecule has 0 saturated carbocycles. The van der Waals surface area contributed by atoms with Crippen molar-refractivity contribution in [1.82, 2.24) is 20.0 Å². The molecule has 1 amide bonds. The lowest BCUT2D eigenvalue weighted by atomic mass is 10.2. The van der Waals surface area contributed by atoms with Crippen LogP contribution in [0, 0.1) is 0 Å². The van der Waals surface area contributed by atoms with Crippen LogP contribution in [0.5, 0.6) is 0 Å². The van der Waals surface area contributed by atoms with E-state index in [1.807, 2.05) is 0 Å². The average molecular weight is 289 g/mol. The molecule has 21 heavy (non-hydrogen) atoms. The number of ether oxygens (including phenoxy) is 1. The van der Waals surface area contributed by atoms with Crippen molar-refractivity contribution in [1.29, 1.82) is 0 Å². The summed E-state index contributed by atoms with van der Waals surface area (Å²) in [5.74, 6) is -0.334. The first kappa shape index (κ1) is 14.6. The third kappa shape index (κ3) is 4.68. The summed E-state index contributed by atoms with van der Waals surface area (Å²) in [5, 5.41) is 10.1. The minimum atomic E-state index is -0.405. The van der Waals surface area contributed by atoms with Crippen LogP contribution in [0.3, 0.4) is 0 Å². The standard InChI is InChI=1S/C13H15N5O3/c1-2-21-13(20)9-18-8-11(16-17-18)15-12(19)7-10-3-5-14-6-4-10/h3-6,8H,2,7,9H2,1H3,(H,15,19). The van der Waals surface area contributed by atoms with Gasteiger partial charge in [0.05, 0.1) is 19.2 Å². The fourth-order valence-corrected chi connectivity index (χ4v) is 1.64. The number of aromatic nitrogens is 4. The van der Waals surface area contributed by atoms with Crippen LogP contribution in [-0.4, -0.2) is 38.5 Å². The lowest BCUT2D eigenvalue weighted by molar-refractivity contribution is -0.144. The third-order valence-corrected chi connectivity index (χ3v) is 2.52. The number of esters is 1. The van der Waals surface area contributed by atoms with Crippen molar-refractivity contribution in [2.75, 3.05) is 11.9 Å². The average Bonchev–Trinajstić information content (AvgIpc) is 2.87. The monoisotopic (exact) mass is 289 g/mol. The molecule has 0 saturated heterocycles. The summed E-state index contributed by atoms with van der Waals surface area (Å²) >= 11 is 0. The lowest BCUT2D eigenvalue weighted by Crippen LogP contribution is -2.15. The van der Waals surface area contributed by atoms with Crippen molar-refractivity contribution in [3.05, 3.63) is 36.3 Å². The van der Waals surface area contributed by atoms with Gasteiger partial charge in [0.25, 0.3) is 0 Å². The molecule has 8 nitrogen and oxygen atoms in total. The Hall–Kier alpha value is -2.77. The lowest BCUT2D eigenvalue weighted by Gasteiger charge is -2.01. The topological polar surface area (TPSA) is 99.0 Å². The van der Waals surface area contributed by atoms with E-state index in [0.717, 1.165) is 5.56 Å². The van der Waals surface area contributed by atoms with Gasteiger partial charge in [0.1, 0.15) is 6.54 Å². The summed E-state index contributed by atoms with van der Waals surface area (Å²) in [6.45, 7) is 1.99. The largest absolute Gasteiger partial charge is 0.465 e. The van der Waals surface area contributed by atoms with Crippen molar-refractivity contribution in [3.8, 4) is 0 Å². The Morgan fingerprint density at radius 1 is 1.33 bits per heavy atom. The Balaban J connectivity index is 1.87. The molecule has 2 aromatic heterocycles. The van der Waals surface area contributed by atoms with E-state index in [2.05, 4.69) is 20.6 Å². The van der Waals surface area contributed by atoms with Crippen LogP contribution >= 0.6 is 0 Å². The van der Waals surface area contributed by atoms with E-state index in [1.165, 1.54) is 10.9 Å². The Morgan fingerprint density at radius 2 is 2.10 bits per heavy atom. The van der Waals surface area contributed by atoms with Gasteiger partial charge < -0.3 is 10.1 Å². The second kappa shape index (κ2) is 7.13. The van der Waals surface area contributed by atoms with Gasteiger partial charge in [-0.1, -0.05) is 5.21 Å². The minimum Gasteiger partial charge on any atom is -0.465 e. The Labute approximate surface area is 121 Å². The van der Waals surface area contributed by atoms with Crippen LogP contribution in [0.1, 0.15) is 12.5 Å². The maximum Gasteiger partial charge on any atom is 0.327 e. The number of hydrogen-bond acceptors (Lipinski definition) is 6. The van der Waals surface area contributed by atoms with Gasteiger partial charge in [-0.15, -0.1) is 5.10 Å². The number of hydrogen-bond donors (Lipinski definition) is 1. The van der Waals surface area contributed by atoms with Gasteiger partial charge in [0, 0.05) is 12.4 Å². The molecular formula is C13H15N5O3. The van der Waals surface area contributed by atoms with Gasteiger partial charge in [-0.25, -0.2) is 4.68 Å². The zero-order valence-corrected chi connectivity index (χ0v) is 11.5. The zero-order valence-electron chi connectivity index (χ0n) is 11.5. The third-order valence-electron chi connectivity index (χ3n) is 2.52. The van der Waals surface area contributed by atoms with Gasteiger partial charge in [-0.2, -0.15) is 0 Å². The molecule has 2 heterocycles. The van der Waals surface area contributed by atoms with Crippen LogP contribution in [-0.2, 0) is 27.3 Å². The number of nitrogens with one attached hydrogen (secondary N) is 1. The number of amides is 1. The predicted molar refractivity (Wildman–Crippen MR) is 73.2 cm³/mol. The summed E-state index contributed by atoms with van der Waals surface area (Å²) in [4.78, 5) is 27.0. The first-order chi connectivity index (χ1) is 10.2. The van der Waals surface area contributed by atoms with Crippen LogP contribution in [0.4, 0.5) is 5.82 Å².